The molecule has 1 aromatic heterocycles. The molecule has 2 N–H and O–H groups in total. The van der Waals surface area contributed by atoms with Crippen molar-refractivity contribution in [2.24, 2.45) is 0 Å². The topological polar surface area (TPSA) is 78.1 Å². The van der Waals surface area contributed by atoms with Crippen LogP contribution in [0.4, 0.5) is 4.39 Å². The highest BCUT2D eigenvalue weighted by atomic mass is 19.1. The van der Waals surface area contributed by atoms with Gasteiger partial charge < -0.3 is 15.2 Å². The first-order chi connectivity index (χ1) is 13.5. The second-order valence-electron chi connectivity index (χ2n) is 6.58. The number of benzene rings is 2. The smallest absolute Gasteiger partial charge is 0.264 e. The third kappa shape index (κ3) is 4.50. The largest absolute Gasteiger partial charge is 0.350 e. The zero-order valence-electron chi connectivity index (χ0n) is 15.6. The van der Waals surface area contributed by atoms with Gasteiger partial charge >= 0.3 is 0 Å². The van der Waals surface area contributed by atoms with Crippen LogP contribution in [0, 0.1) is 5.82 Å². The molecule has 0 fully saturated rings. The number of likely N-dealkylation sites (N-methyl/N-ethyl adjacent to an activating group) is 1. The first-order valence-electron chi connectivity index (χ1n) is 8.80. The Hall–Kier alpha value is -3.32. The molecule has 1 atom stereocenters. The third-order valence-corrected chi connectivity index (χ3v) is 4.43. The summed E-state index contributed by atoms with van der Waals surface area (Å²) in [6.07, 6.45) is 1.28. The number of hydrogen-bond donors (Lipinski definition) is 2. The van der Waals surface area contributed by atoms with Gasteiger partial charge in [0, 0.05) is 18.3 Å². The van der Waals surface area contributed by atoms with E-state index < -0.39 is 11.5 Å². The molecule has 0 bridgehead atoms. The standard InChI is InChI=1S/C21H21FN4O2/c1-26(2)18(14-8-10-16(22)11-9-14)13-24-20(27)17-12-23-19(25-21(17)28)15-6-4-3-5-7-15/h3-12,18H,13H2,1-2H3,(H,24,27)(H,23,25,28)/t18-/m1/s1. The Morgan fingerprint density at radius 3 is 2.43 bits per heavy atom. The van der Waals surface area contributed by atoms with E-state index in [1.165, 1.54) is 18.3 Å². The normalized spacial score (nSPS) is 12.0. The van der Waals surface area contributed by atoms with Crippen LogP contribution in [-0.4, -0.2) is 41.4 Å². The van der Waals surface area contributed by atoms with Gasteiger partial charge in [0.05, 0.1) is 6.04 Å². The van der Waals surface area contributed by atoms with E-state index in [4.69, 9.17) is 0 Å². The second-order valence-corrected chi connectivity index (χ2v) is 6.58. The lowest BCUT2D eigenvalue weighted by Gasteiger charge is -2.25. The molecule has 0 aliphatic carbocycles. The van der Waals surface area contributed by atoms with Gasteiger partial charge in [-0.3, -0.25) is 9.59 Å². The van der Waals surface area contributed by atoms with Gasteiger partial charge in [0.25, 0.3) is 11.5 Å². The summed E-state index contributed by atoms with van der Waals surface area (Å²) in [5.74, 6) is -0.427. The summed E-state index contributed by atoms with van der Waals surface area (Å²) < 4.78 is 13.2. The van der Waals surface area contributed by atoms with Crippen molar-refractivity contribution < 1.29 is 9.18 Å². The number of carbonyl (C=O) groups is 1. The van der Waals surface area contributed by atoms with Crippen molar-refractivity contribution in [2.45, 2.75) is 6.04 Å². The minimum absolute atomic E-state index is 0.0590. The van der Waals surface area contributed by atoms with Gasteiger partial charge in [0.1, 0.15) is 17.2 Å². The monoisotopic (exact) mass is 380 g/mol. The molecular weight excluding hydrogens is 359 g/mol. The van der Waals surface area contributed by atoms with Crippen LogP contribution >= 0.6 is 0 Å². The van der Waals surface area contributed by atoms with E-state index in [1.807, 2.05) is 49.3 Å². The van der Waals surface area contributed by atoms with Crippen molar-refractivity contribution in [2.75, 3.05) is 20.6 Å². The van der Waals surface area contributed by atoms with Gasteiger partial charge in [0.15, 0.2) is 0 Å². The quantitative estimate of drug-likeness (QED) is 0.689. The highest BCUT2D eigenvalue weighted by Crippen LogP contribution is 2.18. The van der Waals surface area contributed by atoms with Crippen LogP contribution in [0.25, 0.3) is 11.4 Å². The Morgan fingerprint density at radius 1 is 1.14 bits per heavy atom. The number of nitrogens with one attached hydrogen (secondary N) is 2. The zero-order valence-corrected chi connectivity index (χ0v) is 15.6. The molecule has 0 radical (unpaired) electrons. The van der Waals surface area contributed by atoms with E-state index in [-0.39, 0.29) is 24.0 Å². The summed E-state index contributed by atoms with van der Waals surface area (Å²) in [7, 11) is 3.73. The molecule has 3 aromatic rings. The fourth-order valence-corrected chi connectivity index (χ4v) is 2.87. The number of H-pyrrole nitrogens is 1. The molecule has 3 rings (SSSR count). The third-order valence-electron chi connectivity index (χ3n) is 4.43. The minimum atomic E-state index is -0.512. The molecule has 144 valence electrons. The maximum atomic E-state index is 13.2. The molecule has 1 heterocycles. The van der Waals surface area contributed by atoms with Crippen LogP contribution in [0.15, 0.2) is 65.6 Å². The Labute approximate surface area is 162 Å². The number of hydrogen-bond acceptors (Lipinski definition) is 4. The highest BCUT2D eigenvalue weighted by molar-refractivity contribution is 5.93. The first kappa shape index (κ1) is 19.4. The molecule has 0 saturated heterocycles. The SMILES string of the molecule is CN(C)[C@H](CNC(=O)c1cnc(-c2ccccc2)[nH]c1=O)c1ccc(F)cc1. The summed E-state index contributed by atoms with van der Waals surface area (Å²) in [5.41, 5.74) is 1.06. The fraction of sp³-hybridized carbons (Fsp3) is 0.190. The van der Waals surface area contributed by atoms with Gasteiger partial charge in [-0.05, 0) is 31.8 Å². The number of aromatic nitrogens is 2. The number of rotatable bonds is 6. The molecule has 0 unspecified atom stereocenters. The van der Waals surface area contributed by atoms with Crippen LogP contribution in [0.1, 0.15) is 22.0 Å². The molecule has 0 saturated carbocycles. The number of amides is 1. The molecular formula is C21H21FN4O2. The Balaban J connectivity index is 1.73. The van der Waals surface area contributed by atoms with E-state index in [2.05, 4.69) is 15.3 Å². The number of carbonyl (C=O) groups excluding carboxylic acids is 1. The van der Waals surface area contributed by atoms with Crippen LogP contribution in [0.2, 0.25) is 0 Å². The average molecular weight is 380 g/mol. The average Bonchev–Trinajstić information content (AvgIpc) is 2.69. The van der Waals surface area contributed by atoms with Gasteiger partial charge in [-0.25, -0.2) is 9.37 Å². The van der Waals surface area contributed by atoms with Gasteiger partial charge in [-0.1, -0.05) is 42.5 Å². The highest BCUT2D eigenvalue weighted by Gasteiger charge is 2.18. The number of aromatic amines is 1. The van der Waals surface area contributed by atoms with Crippen molar-refractivity contribution in [1.82, 2.24) is 20.2 Å². The Bertz CT molecular complexity index is 1000. The molecule has 7 heteroatoms. The van der Waals surface area contributed by atoms with Gasteiger partial charge in [-0.2, -0.15) is 0 Å². The summed E-state index contributed by atoms with van der Waals surface area (Å²) in [4.78, 5) is 33.6. The van der Waals surface area contributed by atoms with Crippen LogP contribution in [-0.2, 0) is 0 Å². The molecule has 6 nitrogen and oxygen atoms in total. The molecule has 0 spiro atoms. The van der Waals surface area contributed by atoms with E-state index >= 15 is 0 Å². The predicted molar refractivity (Wildman–Crippen MR) is 105 cm³/mol. The zero-order chi connectivity index (χ0) is 20.1. The van der Waals surface area contributed by atoms with Crippen molar-refractivity contribution >= 4 is 5.91 Å². The maximum absolute atomic E-state index is 13.2. The van der Waals surface area contributed by atoms with E-state index in [1.54, 1.807) is 12.1 Å². The Morgan fingerprint density at radius 2 is 1.82 bits per heavy atom. The van der Waals surface area contributed by atoms with E-state index in [9.17, 15) is 14.0 Å². The Kier molecular flexibility index (Phi) is 5.96. The lowest BCUT2D eigenvalue weighted by atomic mass is 10.1. The van der Waals surface area contributed by atoms with Crippen molar-refractivity contribution in [3.05, 3.63) is 88.1 Å². The number of halogens is 1. The van der Waals surface area contributed by atoms with Gasteiger partial charge in [0.2, 0.25) is 0 Å². The van der Waals surface area contributed by atoms with Crippen molar-refractivity contribution in [3.8, 4) is 11.4 Å². The lowest BCUT2D eigenvalue weighted by molar-refractivity contribution is 0.0940. The van der Waals surface area contributed by atoms with E-state index in [0.29, 0.717) is 5.82 Å². The fourth-order valence-electron chi connectivity index (χ4n) is 2.87. The molecule has 2 aromatic carbocycles. The van der Waals surface area contributed by atoms with Gasteiger partial charge in [-0.15, -0.1) is 0 Å². The number of nitrogens with zero attached hydrogens (tertiary/aromatic N) is 2. The van der Waals surface area contributed by atoms with Crippen LogP contribution in [0.3, 0.4) is 0 Å². The molecule has 1 amide bonds. The predicted octanol–water partition coefficient (Wildman–Crippen LogP) is 2.61. The van der Waals surface area contributed by atoms with Crippen molar-refractivity contribution in [1.29, 1.82) is 0 Å². The molecule has 0 aliphatic heterocycles. The van der Waals surface area contributed by atoms with Crippen molar-refractivity contribution in [3.63, 3.8) is 0 Å². The summed E-state index contributed by atoms with van der Waals surface area (Å²) >= 11 is 0. The molecule has 0 aliphatic rings. The first-order valence-corrected chi connectivity index (χ1v) is 8.80. The van der Waals surface area contributed by atoms with E-state index in [0.717, 1.165) is 11.1 Å². The molecule has 28 heavy (non-hydrogen) atoms. The lowest BCUT2D eigenvalue weighted by Crippen LogP contribution is -2.36. The second kappa shape index (κ2) is 8.58. The minimum Gasteiger partial charge on any atom is -0.350 e. The maximum Gasteiger partial charge on any atom is 0.264 e. The summed E-state index contributed by atoms with van der Waals surface area (Å²) in [6.45, 7) is 0.261. The van der Waals surface area contributed by atoms with Crippen LogP contribution in [0.5, 0.6) is 0 Å². The summed E-state index contributed by atoms with van der Waals surface area (Å²) in [5, 5.41) is 2.76. The summed E-state index contributed by atoms with van der Waals surface area (Å²) in [6, 6.07) is 15.1. The van der Waals surface area contributed by atoms with Crippen LogP contribution < -0.4 is 10.9 Å².